The number of likely N-dealkylation sites (N-methyl/N-ethyl adjacent to an activating group) is 1. The second-order valence-electron chi connectivity index (χ2n) is 4.65. The van der Waals surface area contributed by atoms with E-state index in [4.69, 9.17) is 0 Å². The molecule has 1 aromatic carbocycles. The SMILES string of the molecule is CN1C(=O)C(O)(C(C)(C)O)c2ccccc21. The maximum atomic E-state index is 12.0. The summed E-state index contributed by atoms with van der Waals surface area (Å²) in [5.41, 5.74) is -2.30. The first-order valence-corrected chi connectivity index (χ1v) is 5.12. The van der Waals surface area contributed by atoms with Gasteiger partial charge in [-0.1, -0.05) is 18.2 Å². The van der Waals surface area contributed by atoms with Crippen LogP contribution in [-0.2, 0) is 10.4 Å². The molecule has 0 fully saturated rings. The lowest BCUT2D eigenvalue weighted by molar-refractivity contribution is -0.165. The smallest absolute Gasteiger partial charge is 0.266 e. The highest BCUT2D eigenvalue weighted by atomic mass is 16.4. The third kappa shape index (κ3) is 1.14. The lowest BCUT2D eigenvalue weighted by Crippen LogP contribution is -2.53. The first-order chi connectivity index (χ1) is 7.30. The highest BCUT2D eigenvalue weighted by Crippen LogP contribution is 2.45. The Morgan fingerprint density at radius 3 is 2.44 bits per heavy atom. The Morgan fingerprint density at radius 2 is 1.88 bits per heavy atom. The second kappa shape index (κ2) is 3.06. The van der Waals surface area contributed by atoms with Crippen LogP contribution in [0.25, 0.3) is 0 Å². The van der Waals surface area contributed by atoms with Gasteiger partial charge >= 0.3 is 0 Å². The van der Waals surface area contributed by atoms with Gasteiger partial charge in [0.2, 0.25) is 0 Å². The van der Waals surface area contributed by atoms with Crippen LogP contribution in [0.1, 0.15) is 19.4 Å². The van der Waals surface area contributed by atoms with Gasteiger partial charge in [0.25, 0.3) is 5.91 Å². The molecule has 1 aliphatic rings. The van der Waals surface area contributed by atoms with Crippen molar-refractivity contribution in [3.8, 4) is 0 Å². The van der Waals surface area contributed by atoms with Crippen molar-refractivity contribution in [2.45, 2.75) is 25.0 Å². The number of nitrogens with zero attached hydrogens (tertiary/aromatic N) is 1. The molecule has 4 nitrogen and oxygen atoms in total. The monoisotopic (exact) mass is 221 g/mol. The number of fused-ring (bicyclic) bond motifs is 1. The first kappa shape index (κ1) is 11.1. The van der Waals surface area contributed by atoms with Crippen molar-refractivity contribution in [2.24, 2.45) is 0 Å². The van der Waals surface area contributed by atoms with E-state index in [2.05, 4.69) is 0 Å². The number of hydrogen-bond acceptors (Lipinski definition) is 3. The van der Waals surface area contributed by atoms with E-state index < -0.39 is 17.1 Å². The molecule has 1 aromatic rings. The largest absolute Gasteiger partial charge is 0.387 e. The van der Waals surface area contributed by atoms with Gasteiger partial charge in [0, 0.05) is 12.6 Å². The molecule has 4 heteroatoms. The number of hydrogen-bond donors (Lipinski definition) is 2. The third-order valence-electron chi connectivity index (χ3n) is 3.15. The number of aliphatic hydroxyl groups is 2. The summed E-state index contributed by atoms with van der Waals surface area (Å²) in [6.45, 7) is 2.86. The summed E-state index contributed by atoms with van der Waals surface area (Å²) in [6, 6.07) is 6.94. The van der Waals surface area contributed by atoms with Gasteiger partial charge in [-0.05, 0) is 19.9 Å². The molecule has 1 unspecified atom stereocenters. The number of anilines is 1. The van der Waals surface area contributed by atoms with Gasteiger partial charge in [-0.3, -0.25) is 4.79 Å². The van der Waals surface area contributed by atoms with Gasteiger partial charge in [0.15, 0.2) is 5.60 Å². The molecule has 0 radical (unpaired) electrons. The average molecular weight is 221 g/mol. The van der Waals surface area contributed by atoms with Crippen LogP contribution in [0.15, 0.2) is 24.3 Å². The Balaban J connectivity index is 2.71. The predicted octanol–water partition coefficient (Wildman–Crippen LogP) is 0.621. The third-order valence-corrected chi connectivity index (χ3v) is 3.15. The molecule has 86 valence electrons. The Labute approximate surface area is 94.1 Å². The number of benzene rings is 1. The van der Waals surface area contributed by atoms with E-state index in [0.29, 0.717) is 11.3 Å². The molecule has 0 saturated heterocycles. The van der Waals surface area contributed by atoms with E-state index in [1.54, 1.807) is 31.3 Å². The average Bonchev–Trinajstić information content (AvgIpc) is 2.42. The lowest BCUT2D eigenvalue weighted by atomic mass is 9.81. The summed E-state index contributed by atoms with van der Waals surface area (Å²) < 4.78 is 0. The van der Waals surface area contributed by atoms with Gasteiger partial charge in [-0.2, -0.15) is 0 Å². The quantitative estimate of drug-likeness (QED) is 0.731. The summed E-state index contributed by atoms with van der Waals surface area (Å²) >= 11 is 0. The number of rotatable bonds is 1. The van der Waals surface area contributed by atoms with E-state index in [1.807, 2.05) is 0 Å². The molecule has 2 rings (SSSR count). The minimum atomic E-state index is -1.86. The molecule has 1 amide bonds. The van der Waals surface area contributed by atoms with Crippen LogP contribution >= 0.6 is 0 Å². The Morgan fingerprint density at radius 1 is 1.31 bits per heavy atom. The van der Waals surface area contributed by atoms with Crippen LogP contribution in [0, 0.1) is 0 Å². The second-order valence-corrected chi connectivity index (χ2v) is 4.65. The van der Waals surface area contributed by atoms with Gasteiger partial charge in [-0.25, -0.2) is 0 Å². The standard InChI is InChI=1S/C12H15NO3/c1-11(2,15)12(16)8-6-4-5-7-9(8)13(3)10(12)14/h4-7,15-16H,1-3H3. The van der Waals surface area contributed by atoms with Crippen molar-refractivity contribution in [3.05, 3.63) is 29.8 Å². The predicted molar refractivity (Wildman–Crippen MR) is 60.0 cm³/mol. The summed E-state index contributed by atoms with van der Waals surface area (Å²) in [7, 11) is 1.59. The van der Waals surface area contributed by atoms with Crippen molar-refractivity contribution in [1.29, 1.82) is 0 Å². The molecule has 1 heterocycles. The fraction of sp³-hybridized carbons (Fsp3) is 0.417. The molecule has 2 N–H and O–H groups in total. The van der Waals surface area contributed by atoms with Gasteiger partial charge in [0.1, 0.15) is 5.60 Å². The Kier molecular flexibility index (Phi) is 2.12. The normalized spacial score (nSPS) is 24.8. The minimum Gasteiger partial charge on any atom is -0.387 e. The zero-order valence-electron chi connectivity index (χ0n) is 9.56. The number of para-hydroxylation sites is 1. The maximum Gasteiger partial charge on any atom is 0.266 e. The Hall–Kier alpha value is -1.39. The highest BCUT2D eigenvalue weighted by Gasteiger charge is 2.57. The van der Waals surface area contributed by atoms with Crippen molar-refractivity contribution in [3.63, 3.8) is 0 Å². The molecular formula is C12H15NO3. The Bertz CT molecular complexity index is 450. The van der Waals surface area contributed by atoms with E-state index >= 15 is 0 Å². The van der Waals surface area contributed by atoms with Gasteiger partial charge in [-0.15, -0.1) is 0 Å². The number of carbonyl (C=O) groups excluding carboxylic acids is 1. The van der Waals surface area contributed by atoms with Crippen molar-refractivity contribution >= 4 is 11.6 Å². The molecule has 1 aliphatic heterocycles. The van der Waals surface area contributed by atoms with Crippen LogP contribution in [-0.4, -0.2) is 28.8 Å². The molecule has 0 saturated carbocycles. The molecule has 0 spiro atoms. The van der Waals surface area contributed by atoms with E-state index in [-0.39, 0.29) is 0 Å². The highest BCUT2D eigenvalue weighted by molar-refractivity contribution is 6.07. The summed E-state index contributed by atoms with van der Waals surface area (Å²) in [6.07, 6.45) is 0. The molecule has 1 atom stereocenters. The molecule has 0 aromatic heterocycles. The molecule has 0 aliphatic carbocycles. The molecule has 16 heavy (non-hydrogen) atoms. The lowest BCUT2D eigenvalue weighted by Gasteiger charge is -2.33. The maximum absolute atomic E-state index is 12.0. The van der Waals surface area contributed by atoms with E-state index in [0.717, 1.165) is 0 Å². The number of carbonyl (C=O) groups is 1. The summed E-state index contributed by atoms with van der Waals surface area (Å²) in [5, 5.41) is 20.5. The minimum absolute atomic E-state index is 0.454. The fourth-order valence-corrected chi connectivity index (χ4v) is 2.13. The van der Waals surface area contributed by atoms with Crippen LogP contribution in [0.3, 0.4) is 0 Å². The van der Waals surface area contributed by atoms with E-state index in [9.17, 15) is 15.0 Å². The van der Waals surface area contributed by atoms with E-state index in [1.165, 1.54) is 18.7 Å². The van der Waals surface area contributed by atoms with Crippen LogP contribution < -0.4 is 4.90 Å². The molecular weight excluding hydrogens is 206 g/mol. The first-order valence-electron chi connectivity index (χ1n) is 5.12. The van der Waals surface area contributed by atoms with Crippen molar-refractivity contribution in [2.75, 3.05) is 11.9 Å². The van der Waals surface area contributed by atoms with Crippen molar-refractivity contribution < 1.29 is 15.0 Å². The topological polar surface area (TPSA) is 60.8 Å². The fourth-order valence-electron chi connectivity index (χ4n) is 2.13. The molecule has 0 bridgehead atoms. The van der Waals surface area contributed by atoms with Crippen LogP contribution in [0.4, 0.5) is 5.69 Å². The number of amides is 1. The zero-order valence-corrected chi connectivity index (χ0v) is 9.56. The van der Waals surface area contributed by atoms with Crippen molar-refractivity contribution in [1.82, 2.24) is 0 Å². The van der Waals surface area contributed by atoms with Crippen LogP contribution in [0.5, 0.6) is 0 Å². The summed E-state index contributed by atoms with van der Waals surface area (Å²) in [4.78, 5) is 13.4. The van der Waals surface area contributed by atoms with Gasteiger partial charge < -0.3 is 15.1 Å². The van der Waals surface area contributed by atoms with Gasteiger partial charge in [0.05, 0.1) is 5.69 Å². The van der Waals surface area contributed by atoms with Crippen LogP contribution in [0.2, 0.25) is 0 Å². The summed E-state index contributed by atoms with van der Waals surface area (Å²) in [5.74, 6) is -0.499. The zero-order chi connectivity index (χ0) is 12.1.